The van der Waals surface area contributed by atoms with Crippen molar-refractivity contribution in [1.29, 1.82) is 0 Å². The number of rotatable bonds is 1. The van der Waals surface area contributed by atoms with Gasteiger partial charge in [0.25, 0.3) is 0 Å². The first kappa shape index (κ1) is 7.64. The van der Waals surface area contributed by atoms with Gasteiger partial charge in [-0.3, -0.25) is 0 Å². The SMILES string of the molecule is C#CC#CC#CCOC. The van der Waals surface area contributed by atoms with Crippen molar-refractivity contribution in [3.63, 3.8) is 0 Å². The maximum Gasteiger partial charge on any atom is 0.108 e. The Kier molecular flexibility index (Phi) is 5.64. The summed E-state index contributed by atoms with van der Waals surface area (Å²) < 4.78 is 4.63. The van der Waals surface area contributed by atoms with Crippen LogP contribution in [-0.4, -0.2) is 13.7 Å². The summed E-state index contributed by atoms with van der Waals surface area (Å²) in [5.41, 5.74) is 0. The molecular weight excluding hydrogens is 112 g/mol. The molecule has 0 atom stereocenters. The van der Waals surface area contributed by atoms with Gasteiger partial charge in [-0.2, -0.15) is 0 Å². The molecular formula is C8H6O. The van der Waals surface area contributed by atoms with Gasteiger partial charge in [0.05, 0.1) is 0 Å². The fourth-order valence-corrected chi connectivity index (χ4v) is 0.220. The molecule has 1 nitrogen and oxygen atoms in total. The minimum atomic E-state index is 0.402. The molecule has 44 valence electrons. The third-order valence-electron chi connectivity index (χ3n) is 0.502. The molecule has 0 fully saturated rings. The van der Waals surface area contributed by atoms with E-state index in [0.717, 1.165) is 0 Å². The molecule has 0 saturated heterocycles. The van der Waals surface area contributed by atoms with Crippen LogP contribution in [0.5, 0.6) is 0 Å². The lowest BCUT2D eigenvalue weighted by atomic mass is 10.5. The molecule has 0 spiro atoms. The van der Waals surface area contributed by atoms with Crippen molar-refractivity contribution in [3.8, 4) is 36.0 Å². The van der Waals surface area contributed by atoms with Gasteiger partial charge in [0.1, 0.15) is 6.61 Å². The second kappa shape index (κ2) is 6.64. The van der Waals surface area contributed by atoms with Gasteiger partial charge in [-0.15, -0.1) is 6.42 Å². The highest BCUT2D eigenvalue weighted by atomic mass is 16.5. The lowest BCUT2D eigenvalue weighted by Gasteiger charge is -1.77. The number of terminal acetylenes is 1. The van der Waals surface area contributed by atoms with Crippen LogP contribution in [0.25, 0.3) is 0 Å². The average molecular weight is 118 g/mol. The largest absolute Gasteiger partial charge is 0.372 e. The van der Waals surface area contributed by atoms with Crippen molar-refractivity contribution in [2.75, 3.05) is 13.7 Å². The summed E-state index contributed by atoms with van der Waals surface area (Å²) in [5, 5.41) is 0. The fraction of sp³-hybridized carbons (Fsp3) is 0.250. The smallest absolute Gasteiger partial charge is 0.108 e. The molecule has 0 aliphatic heterocycles. The van der Waals surface area contributed by atoms with Crippen LogP contribution in [-0.2, 0) is 4.74 Å². The van der Waals surface area contributed by atoms with Crippen LogP contribution < -0.4 is 0 Å². The molecule has 0 unspecified atom stereocenters. The van der Waals surface area contributed by atoms with E-state index in [4.69, 9.17) is 6.42 Å². The van der Waals surface area contributed by atoms with E-state index in [-0.39, 0.29) is 0 Å². The van der Waals surface area contributed by atoms with Crippen LogP contribution in [0, 0.1) is 36.0 Å². The summed E-state index contributed by atoms with van der Waals surface area (Å²) in [7, 11) is 1.57. The summed E-state index contributed by atoms with van der Waals surface area (Å²) >= 11 is 0. The Morgan fingerprint density at radius 3 is 2.67 bits per heavy atom. The minimum Gasteiger partial charge on any atom is -0.372 e. The van der Waals surface area contributed by atoms with E-state index in [1.54, 1.807) is 7.11 Å². The highest BCUT2D eigenvalue weighted by Crippen LogP contribution is 1.59. The van der Waals surface area contributed by atoms with Crippen molar-refractivity contribution in [3.05, 3.63) is 0 Å². The first-order valence-electron chi connectivity index (χ1n) is 2.34. The zero-order valence-electron chi connectivity index (χ0n) is 5.19. The number of methoxy groups -OCH3 is 1. The Balaban J connectivity index is 3.52. The lowest BCUT2D eigenvalue weighted by molar-refractivity contribution is 0.240. The molecule has 1 heteroatoms. The monoisotopic (exact) mass is 118 g/mol. The van der Waals surface area contributed by atoms with Gasteiger partial charge in [0, 0.05) is 7.11 Å². The second-order valence-corrected chi connectivity index (χ2v) is 1.13. The summed E-state index contributed by atoms with van der Waals surface area (Å²) in [6, 6.07) is 0. The van der Waals surface area contributed by atoms with E-state index >= 15 is 0 Å². The molecule has 0 aromatic rings. The second-order valence-electron chi connectivity index (χ2n) is 1.13. The Morgan fingerprint density at radius 1 is 1.33 bits per heavy atom. The quantitative estimate of drug-likeness (QED) is 0.449. The standard InChI is InChI=1S/C8H6O/c1-3-4-5-6-7-8-9-2/h1H,8H2,2H3. The maximum atomic E-state index is 4.82. The van der Waals surface area contributed by atoms with E-state index < -0.39 is 0 Å². The topological polar surface area (TPSA) is 9.23 Å². The Bertz CT molecular complexity index is 211. The van der Waals surface area contributed by atoms with Crippen LogP contribution in [0.1, 0.15) is 0 Å². The Hall–Kier alpha value is -1.36. The molecule has 0 bridgehead atoms. The van der Waals surface area contributed by atoms with Crippen molar-refractivity contribution in [2.45, 2.75) is 0 Å². The number of hydrogen-bond acceptors (Lipinski definition) is 1. The average Bonchev–Trinajstić information content (AvgIpc) is 1.89. The maximum absolute atomic E-state index is 4.82. The molecule has 0 heterocycles. The summed E-state index contributed by atoms with van der Waals surface area (Å²) in [5.74, 6) is 12.1. The van der Waals surface area contributed by atoms with E-state index in [9.17, 15) is 0 Å². The van der Waals surface area contributed by atoms with Gasteiger partial charge in [-0.05, 0) is 23.7 Å². The molecule has 0 N–H and O–H groups in total. The highest BCUT2D eigenvalue weighted by molar-refractivity contribution is 5.33. The fourth-order valence-electron chi connectivity index (χ4n) is 0.220. The van der Waals surface area contributed by atoms with Gasteiger partial charge in [-0.25, -0.2) is 0 Å². The van der Waals surface area contributed by atoms with Crippen LogP contribution in [0.15, 0.2) is 0 Å². The van der Waals surface area contributed by atoms with Crippen molar-refractivity contribution >= 4 is 0 Å². The van der Waals surface area contributed by atoms with E-state index in [1.165, 1.54) is 0 Å². The summed E-state index contributed by atoms with van der Waals surface area (Å²) in [4.78, 5) is 0. The molecule has 0 aromatic carbocycles. The zero-order valence-corrected chi connectivity index (χ0v) is 5.19. The third-order valence-corrected chi connectivity index (χ3v) is 0.502. The first-order valence-corrected chi connectivity index (χ1v) is 2.34. The Morgan fingerprint density at radius 2 is 2.11 bits per heavy atom. The lowest BCUT2D eigenvalue weighted by Crippen LogP contribution is -1.79. The van der Waals surface area contributed by atoms with Crippen LogP contribution in [0.3, 0.4) is 0 Å². The predicted octanol–water partition coefficient (Wildman–Crippen LogP) is 0.273. The molecule has 0 rings (SSSR count). The van der Waals surface area contributed by atoms with Crippen molar-refractivity contribution < 1.29 is 4.74 Å². The van der Waals surface area contributed by atoms with Crippen LogP contribution in [0.4, 0.5) is 0 Å². The van der Waals surface area contributed by atoms with Gasteiger partial charge in [0.2, 0.25) is 0 Å². The molecule has 0 amide bonds. The molecule has 0 aliphatic carbocycles. The highest BCUT2D eigenvalue weighted by Gasteiger charge is 1.62. The summed E-state index contributed by atoms with van der Waals surface area (Å²) in [6.45, 7) is 0.402. The zero-order chi connectivity index (χ0) is 6.95. The van der Waals surface area contributed by atoms with Crippen molar-refractivity contribution in [2.24, 2.45) is 0 Å². The molecule has 0 saturated carbocycles. The van der Waals surface area contributed by atoms with Gasteiger partial charge >= 0.3 is 0 Å². The predicted molar refractivity (Wildman–Crippen MR) is 36.3 cm³/mol. The van der Waals surface area contributed by atoms with Crippen LogP contribution >= 0.6 is 0 Å². The molecule has 0 aliphatic rings. The molecule has 9 heavy (non-hydrogen) atoms. The van der Waals surface area contributed by atoms with Crippen LogP contribution in [0.2, 0.25) is 0 Å². The number of ether oxygens (including phenoxy) is 1. The minimum absolute atomic E-state index is 0.402. The third kappa shape index (κ3) is 6.64. The molecule has 0 radical (unpaired) electrons. The first-order chi connectivity index (χ1) is 4.41. The van der Waals surface area contributed by atoms with E-state index in [2.05, 4.69) is 34.3 Å². The number of hydrogen-bond donors (Lipinski definition) is 0. The van der Waals surface area contributed by atoms with Gasteiger partial charge in [-0.1, -0.05) is 5.92 Å². The summed E-state index contributed by atoms with van der Waals surface area (Å²) in [6.07, 6.45) is 4.82. The van der Waals surface area contributed by atoms with E-state index in [0.29, 0.717) is 6.61 Å². The van der Waals surface area contributed by atoms with Gasteiger partial charge < -0.3 is 4.74 Å². The van der Waals surface area contributed by atoms with Gasteiger partial charge in [0.15, 0.2) is 0 Å². The normalized spacial score (nSPS) is 5.33. The van der Waals surface area contributed by atoms with E-state index in [1.807, 2.05) is 0 Å². The Labute approximate surface area is 55.4 Å². The van der Waals surface area contributed by atoms with Crippen molar-refractivity contribution in [1.82, 2.24) is 0 Å². The molecule has 0 aromatic heterocycles.